The van der Waals surface area contributed by atoms with Gasteiger partial charge in [0, 0.05) is 30.1 Å². The first kappa shape index (κ1) is 14.4. The highest BCUT2D eigenvalue weighted by Gasteiger charge is 2.40. The van der Waals surface area contributed by atoms with Crippen LogP contribution in [0, 0.1) is 6.92 Å². The summed E-state index contributed by atoms with van der Waals surface area (Å²) < 4.78 is 11.5. The lowest BCUT2D eigenvalue weighted by Gasteiger charge is -2.36. The number of carbonyl (C=O) groups is 1. The van der Waals surface area contributed by atoms with Gasteiger partial charge in [0.15, 0.2) is 5.79 Å². The van der Waals surface area contributed by atoms with Gasteiger partial charge in [0.25, 0.3) is 0 Å². The highest BCUT2D eigenvalue weighted by molar-refractivity contribution is 5.93. The maximum atomic E-state index is 11.2. The Morgan fingerprint density at radius 3 is 2.52 bits per heavy atom. The van der Waals surface area contributed by atoms with Gasteiger partial charge in [0.2, 0.25) is 5.91 Å². The number of hydrogen-bond donors (Lipinski definition) is 2. The van der Waals surface area contributed by atoms with Crippen molar-refractivity contribution < 1.29 is 14.3 Å². The number of ether oxygens (including phenoxy) is 2. The number of rotatable bonds is 3. The van der Waals surface area contributed by atoms with Crippen molar-refractivity contribution in [3.05, 3.63) is 29.3 Å². The van der Waals surface area contributed by atoms with E-state index in [9.17, 15) is 4.79 Å². The zero-order valence-electron chi connectivity index (χ0n) is 12.4. The summed E-state index contributed by atoms with van der Waals surface area (Å²) >= 11 is 0. The minimum atomic E-state index is -0.389. The molecule has 1 saturated carbocycles. The van der Waals surface area contributed by atoms with Gasteiger partial charge in [-0.15, -0.1) is 0 Å². The predicted octanol–water partition coefficient (Wildman–Crippen LogP) is 2.19. The molecule has 1 aromatic rings. The fraction of sp³-hybridized carbons (Fsp3) is 0.562. The molecule has 1 aromatic carbocycles. The third-order valence-corrected chi connectivity index (χ3v) is 4.43. The number of primary amides is 1. The molecule has 0 radical (unpaired) electrons. The molecule has 5 nitrogen and oxygen atoms in total. The van der Waals surface area contributed by atoms with Crippen LogP contribution >= 0.6 is 0 Å². The van der Waals surface area contributed by atoms with E-state index in [0.717, 1.165) is 36.9 Å². The molecule has 1 spiro atoms. The van der Waals surface area contributed by atoms with Crippen molar-refractivity contribution in [2.75, 3.05) is 18.5 Å². The van der Waals surface area contributed by atoms with E-state index in [1.165, 1.54) is 0 Å². The second kappa shape index (κ2) is 5.66. The second-order valence-electron chi connectivity index (χ2n) is 5.92. The molecule has 3 rings (SSSR count). The van der Waals surface area contributed by atoms with Crippen LogP contribution < -0.4 is 11.1 Å². The molecule has 1 aliphatic carbocycles. The Balaban J connectivity index is 1.61. The molecule has 1 aliphatic heterocycles. The van der Waals surface area contributed by atoms with Crippen molar-refractivity contribution in [3.63, 3.8) is 0 Å². The first-order chi connectivity index (χ1) is 10.1. The van der Waals surface area contributed by atoms with Crippen LogP contribution in [-0.4, -0.2) is 30.9 Å². The monoisotopic (exact) mass is 290 g/mol. The summed E-state index contributed by atoms with van der Waals surface area (Å²) in [7, 11) is 0. The van der Waals surface area contributed by atoms with Gasteiger partial charge in [0.05, 0.1) is 13.2 Å². The van der Waals surface area contributed by atoms with Crippen LogP contribution in [0.3, 0.4) is 0 Å². The van der Waals surface area contributed by atoms with Crippen molar-refractivity contribution in [3.8, 4) is 0 Å². The van der Waals surface area contributed by atoms with Crippen LogP contribution in [-0.2, 0) is 9.47 Å². The molecular formula is C16H22N2O3. The predicted molar refractivity (Wildman–Crippen MR) is 80.2 cm³/mol. The fourth-order valence-electron chi connectivity index (χ4n) is 3.19. The van der Waals surface area contributed by atoms with E-state index in [1.54, 1.807) is 6.07 Å². The van der Waals surface area contributed by atoms with E-state index in [4.69, 9.17) is 15.2 Å². The van der Waals surface area contributed by atoms with Gasteiger partial charge >= 0.3 is 0 Å². The normalized spacial score (nSPS) is 21.6. The molecule has 0 aromatic heterocycles. The van der Waals surface area contributed by atoms with Crippen LogP contribution in [0.15, 0.2) is 18.2 Å². The van der Waals surface area contributed by atoms with E-state index in [2.05, 4.69) is 5.32 Å². The number of hydrogen-bond acceptors (Lipinski definition) is 4. The number of nitrogens with two attached hydrogens (primary N) is 1. The molecule has 0 bridgehead atoms. The zero-order chi connectivity index (χ0) is 14.9. The van der Waals surface area contributed by atoms with Gasteiger partial charge in [0.1, 0.15) is 0 Å². The van der Waals surface area contributed by atoms with Crippen LogP contribution in [0.4, 0.5) is 5.69 Å². The Bertz CT molecular complexity index is 528. The lowest BCUT2D eigenvalue weighted by molar-refractivity contribution is -0.177. The van der Waals surface area contributed by atoms with Crippen LogP contribution in [0.1, 0.15) is 41.6 Å². The maximum Gasteiger partial charge on any atom is 0.248 e. The van der Waals surface area contributed by atoms with Crippen molar-refractivity contribution in [1.29, 1.82) is 0 Å². The molecule has 1 heterocycles. The Kier molecular flexibility index (Phi) is 3.87. The summed E-state index contributed by atoms with van der Waals surface area (Å²) in [5, 5.41) is 3.56. The van der Waals surface area contributed by atoms with Crippen molar-refractivity contribution in [2.45, 2.75) is 44.4 Å². The van der Waals surface area contributed by atoms with Crippen molar-refractivity contribution >= 4 is 11.6 Å². The third-order valence-electron chi connectivity index (χ3n) is 4.43. The van der Waals surface area contributed by atoms with Gasteiger partial charge in [-0.05, 0) is 43.5 Å². The molecule has 5 heteroatoms. The molecule has 1 amide bonds. The van der Waals surface area contributed by atoms with E-state index >= 15 is 0 Å². The molecule has 1 saturated heterocycles. The number of carbonyl (C=O) groups excluding carboxylic acids is 1. The number of amides is 1. The first-order valence-corrected chi connectivity index (χ1v) is 7.53. The highest BCUT2D eigenvalue weighted by Crippen LogP contribution is 2.36. The Morgan fingerprint density at radius 2 is 1.95 bits per heavy atom. The first-order valence-electron chi connectivity index (χ1n) is 7.53. The largest absolute Gasteiger partial charge is 0.382 e. The molecule has 0 atom stereocenters. The summed E-state index contributed by atoms with van der Waals surface area (Å²) in [6, 6.07) is 5.95. The molecule has 3 N–H and O–H groups in total. The molecular weight excluding hydrogens is 268 g/mol. The quantitative estimate of drug-likeness (QED) is 0.895. The van der Waals surface area contributed by atoms with Crippen LogP contribution in [0.25, 0.3) is 0 Å². The Hall–Kier alpha value is -1.59. The zero-order valence-corrected chi connectivity index (χ0v) is 12.4. The summed E-state index contributed by atoms with van der Waals surface area (Å²) in [4.78, 5) is 11.2. The van der Waals surface area contributed by atoms with Crippen molar-refractivity contribution in [2.24, 2.45) is 5.73 Å². The molecule has 114 valence electrons. The van der Waals surface area contributed by atoms with Gasteiger partial charge in [-0.3, -0.25) is 4.79 Å². The van der Waals surface area contributed by atoms with E-state index in [-0.39, 0.29) is 11.7 Å². The molecule has 2 fully saturated rings. The lowest BCUT2D eigenvalue weighted by Crippen LogP contribution is -2.39. The van der Waals surface area contributed by atoms with Crippen LogP contribution in [0.2, 0.25) is 0 Å². The number of nitrogens with one attached hydrogen (secondary N) is 1. The maximum absolute atomic E-state index is 11.2. The summed E-state index contributed by atoms with van der Waals surface area (Å²) in [5.74, 6) is -0.706. The van der Waals surface area contributed by atoms with Gasteiger partial charge in [-0.2, -0.15) is 0 Å². The smallest absolute Gasteiger partial charge is 0.248 e. The van der Waals surface area contributed by atoms with E-state index in [1.807, 2.05) is 19.1 Å². The average molecular weight is 290 g/mol. The average Bonchev–Trinajstić information content (AvgIpc) is 2.92. The number of aryl methyl sites for hydroxylation is 1. The second-order valence-corrected chi connectivity index (χ2v) is 5.92. The number of benzene rings is 1. The molecule has 0 unspecified atom stereocenters. The summed E-state index contributed by atoms with van der Waals surface area (Å²) in [6.45, 7) is 3.42. The standard InChI is InChI=1S/C16H22N2O3/c1-11-10-12(15(17)19)2-3-14(11)18-13-4-6-16(7-5-13)20-8-9-21-16/h2-3,10,13,18H,4-9H2,1H3,(H2,17,19). The minimum Gasteiger partial charge on any atom is -0.382 e. The summed E-state index contributed by atoms with van der Waals surface area (Å²) in [5.41, 5.74) is 7.95. The fourth-order valence-corrected chi connectivity index (χ4v) is 3.19. The van der Waals surface area contributed by atoms with E-state index in [0.29, 0.717) is 24.8 Å². The molecule has 2 aliphatic rings. The SMILES string of the molecule is Cc1cc(C(N)=O)ccc1NC1CCC2(CC1)OCCO2. The van der Waals surface area contributed by atoms with E-state index < -0.39 is 0 Å². The van der Waals surface area contributed by atoms with Crippen molar-refractivity contribution in [1.82, 2.24) is 0 Å². The van der Waals surface area contributed by atoms with Gasteiger partial charge < -0.3 is 20.5 Å². The number of anilines is 1. The topological polar surface area (TPSA) is 73.6 Å². The van der Waals surface area contributed by atoms with Crippen LogP contribution in [0.5, 0.6) is 0 Å². The highest BCUT2D eigenvalue weighted by atomic mass is 16.7. The third kappa shape index (κ3) is 3.04. The minimum absolute atomic E-state index is 0.316. The Labute approximate surface area is 124 Å². The summed E-state index contributed by atoms with van der Waals surface area (Å²) in [6.07, 6.45) is 3.92. The van der Waals surface area contributed by atoms with Gasteiger partial charge in [-0.25, -0.2) is 0 Å². The Morgan fingerprint density at radius 1 is 1.29 bits per heavy atom. The lowest BCUT2D eigenvalue weighted by atomic mass is 9.89. The molecule has 21 heavy (non-hydrogen) atoms. The van der Waals surface area contributed by atoms with Gasteiger partial charge in [-0.1, -0.05) is 0 Å².